The van der Waals surface area contributed by atoms with Gasteiger partial charge in [-0.25, -0.2) is 0 Å². The molecular weight excluding hydrogens is 472 g/mol. The third kappa shape index (κ3) is 4.34. The van der Waals surface area contributed by atoms with Crippen LogP contribution in [0.25, 0.3) is 0 Å². The average molecular weight is 509 g/mol. The minimum absolute atomic E-state index is 0.0492. The van der Waals surface area contributed by atoms with Crippen molar-refractivity contribution in [3.8, 4) is 5.75 Å². The molecule has 0 aromatic carbocycles. The largest absolute Gasteiger partial charge is 0.502 e. The zero-order valence-electron chi connectivity index (χ0n) is 21.8. The van der Waals surface area contributed by atoms with Crippen LogP contribution in [0.3, 0.4) is 0 Å². The standard InChI is InChI=1S/C28H36N4O3S/c1-17-6-8-21-20(12-17)15-36-24-9-7-18(2)13-22(24)25(21)32-16-30(19(3)14-29(4)5)28(35)26-27(34)23(33)10-11-31(26)32/h6-11,17-19,25,34H,12-16H2,1-5H3. The Labute approximate surface area is 217 Å². The number of amides is 1. The maximum atomic E-state index is 13.7. The summed E-state index contributed by atoms with van der Waals surface area (Å²) < 4.78 is 1.74. The first-order valence-corrected chi connectivity index (χ1v) is 13.8. The molecule has 8 heteroatoms. The highest BCUT2D eigenvalue weighted by Gasteiger charge is 2.41. The zero-order valence-corrected chi connectivity index (χ0v) is 22.6. The Morgan fingerprint density at radius 3 is 2.61 bits per heavy atom. The molecule has 4 unspecified atom stereocenters. The van der Waals surface area contributed by atoms with Crippen molar-refractivity contribution in [3.63, 3.8) is 0 Å². The minimum Gasteiger partial charge on any atom is -0.502 e. The van der Waals surface area contributed by atoms with Crippen molar-refractivity contribution in [2.45, 2.75) is 45.7 Å². The summed E-state index contributed by atoms with van der Waals surface area (Å²) in [5.41, 5.74) is 3.58. The molecule has 5 rings (SSSR count). The number of rotatable bonds is 4. The molecule has 0 radical (unpaired) electrons. The van der Waals surface area contributed by atoms with Crippen LogP contribution in [0.5, 0.6) is 5.75 Å². The van der Waals surface area contributed by atoms with Crippen molar-refractivity contribution < 1.29 is 9.90 Å². The van der Waals surface area contributed by atoms with E-state index in [0.29, 0.717) is 25.0 Å². The zero-order chi connectivity index (χ0) is 25.7. The summed E-state index contributed by atoms with van der Waals surface area (Å²) in [6, 6.07) is 1.16. The number of allylic oxidation sites excluding steroid dienone is 3. The Hall–Kier alpha value is -2.71. The van der Waals surface area contributed by atoms with Crippen LogP contribution in [0.4, 0.5) is 0 Å². The van der Waals surface area contributed by atoms with Gasteiger partial charge in [0.2, 0.25) is 5.43 Å². The fraction of sp³-hybridized carbons (Fsp3) is 0.500. The fourth-order valence-electron chi connectivity index (χ4n) is 5.87. The van der Waals surface area contributed by atoms with E-state index in [1.54, 1.807) is 15.8 Å². The van der Waals surface area contributed by atoms with Gasteiger partial charge in [-0.1, -0.05) is 43.7 Å². The van der Waals surface area contributed by atoms with Gasteiger partial charge in [-0.2, -0.15) is 0 Å². The summed E-state index contributed by atoms with van der Waals surface area (Å²) in [6.45, 7) is 7.56. The van der Waals surface area contributed by atoms with Crippen molar-refractivity contribution >= 4 is 17.7 Å². The Kier molecular flexibility index (Phi) is 6.68. The second-order valence-corrected chi connectivity index (χ2v) is 11.9. The fourth-order valence-corrected chi connectivity index (χ4v) is 7.04. The van der Waals surface area contributed by atoms with Gasteiger partial charge in [-0.05, 0) is 56.8 Å². The van der Waals surface area contributed by atoms with E-state index in [0.717, 1.165) is 18.6 Å². The van der Waals surface area contributed by atoms with Gasteiger partial charge in [0.15, 0.2) is 11.4 Å². The van der Waals surface area contributed by atoms with E-state index in [4.69, 9.17) is 0 Å². The van der Waals surface area contributed by atoms with Crippen molar-refractivity contribution in [1.82, 2.24) is 14.5 Å². The van der Waals surface area contributed by atoms with Crippen LogP contribution >= 0.6 is 11.8 Å². The van der Waals surface area contributed by atoms with Crippen LogP contribution in [0.2, 0.25) is 0 Å². The van der Waals surface area contributed by atoms with Crippen molar-refractivity contribution in [3.05, 3.63) is 74.1 Å². The first-order valence-electron chi connectivity index (χ1n) is 12.8. The predicted octanol–water partition coefficient (Wildman–Crippen LogP) is 3.71. The molecule has 36 heavy (non-hydrogen) atoms. The molecule has 7 nitrogen and oxygen atoms in total. The molecule has 1 aromatic rings. The summed E-state index contributed by atoms with van der Waals surface area (Å²) in [6.07, 6.45) is 12.7. The van der Waals surface area contributed by atoms with E-state index >= 15 is 0 Å². The summed E-state index contributed by atoms with van der Waals surface area (Å²) in [5.74, 6) is 1.06. The average Bonchev–Trinajstić information content (AvgIpc) is 2.97. The number of nitrogens with zero attached hydrogens (tertiary/aromatic N) is 4. The number of aromatic hydroxyl groups is 1. The van der Waals surface area contributed by atoms with Crippen molar-refractivity contribution in [1.29, 1.82) is 0 Å². The van der Waals surface area contributed by atoms with Gasteiger partial charge in [0.1, 0.15) is 6.67 Å². The number of thioether (sulfide) groups is 1. The molecule has 1 aromatic heterocycles. The number of carbonyl (C=O) groups is 1. The quantitative estimate of drug-likeness (QED) is 0.669. The first kappa shape index (κ1) is 25.0. The van der Waals surface area contributed by atoms with Crippen LogP contribution in [0.15, 0.2) is 63.0 Å². The highest BCUT2D eigenvalue weighted by atomic mass is 32.2. The van der Waals surface area contributed by atoms with E-state index in [2.05, 4.69) is 48.1 Å². The van der Waals surface area contributed by atoms with E-state index in [-0.39, 0.29) is 23.7 Å². The summed E-state index contributed by atoms with van der Waals surface area (Å²) in [4.78, 5) is 31.3. The number of aromatic nitrogens is 1. The smallest absolute Gasteiger partial charge is 0.278 e. The van der Waals surface area contributed by atoms with Crippen molar-refractivity contribution in [2.24, 2.45) is 11.8 Å². The van der Waals surface area contributed by atoms with E-state index in [1.165, 1.54) is 27.7 Å². The number of hydrogen-bond acceptors (Lipinski definition) is 6. The Balaban J connectivity index is 1.71. The van der Waals surface area contributed by atoms with E-state index in [1.807, 2.05) is 32.8 Å². The highest BCUT2D eigenvalue weighted by Crippen LogP contribution is 2.44. The van der Waals surface area contributed by atoms with Gasteiger partial charge < -0.3 is 14.9 Å². The van der Waals surface area contributed by atoms with Crippen LogP contribution < -0.4 is 10.4 Å². The van der Waals surface area contributed by atoms with Gasteiger partial charge in [0, 0.05) is 35.5 Å². The molecule has 1 amide bonds. The Morgan fingerprint density at radius 1 is 1.14 bits per heavy atom. The topological polar surface area (TPSA) is 69.0 Å². The van der Waals surface area contributed by atoms with Crippen LogP contribution in [0, 0.1) is 11.8 Å². The third-order valence-corrected chi connectivity index (χ3v) is 8.79. The maximum Gasteiger partial charge on any atom is 0.278 e. The van der Waals surface area contributed by atoms with Crippen LogP contribution in [0.1, 0.15) is 44.1 Å². The van der Waals surface area contributed by atoms with E-state index < -0.39 is 11.2 Å². The van der Waals surface area contributed by atoms with Gasteiger partial charge in [-0.15, -0.1) is 11.8 Å². The van der Waals surface area contributed by atoms with E-state index in [9.17, 15) is 14.7 Å². The lowest BCUT2D eigenvalue weighted by Gasteiger charge is -2.47. The normalized spacial score (nSPS) is 26.7. The Bertz CT molecular complexity index is 1260. The first-order chi connectivity index (χ1) is 17.2. The Morgan fingerprint density at radius 2 is 1.86 bits per heavy atom. The molecule has 4 aliphatic rings. The number of carbonyl (C=O) groups excluding carboxylic acids is 1. The molecule has 4 atom stereocenters. The van der Waals surface area contributed by atoms with Gasteiger partial charge in [0.25, 0.3) is 5.91 Å². The molecule has 0 fully saturated rings. The molecule has 1 N–H and O–H groups in total. The summed E-state index contributed by atoms with van der Waals surface area (Å²) in [5, 5.41) is 13.0. The van der Waals surface area contributed by atoms with Crippen LogP contribution in [-0.2, 0) is 0 Å². The molecule has 3 heterocycles. The molecule has 2 aliphatic heterocycles. The minimum atomic E-state index is -0.534. The summed E-state index contributed by atoms with van der Waals surface area (Å²) >= 11 is 1.91. The molecule has 0 saturated carbocycles. The maximum absolute atomic E-state index is 13.7. The lowest BCUT2D eigenvalue weighted by atomic mass is 9.81. The number of pyridine rings is 1. The monoisotopic (exact) mass is 508 g/mol. The van der Waals surface area contributed by atoms with Gasteiger partial charge in [0.05, 0.1) is 6.04 Å². The van der Waals surface area contributed by atoms with Crippen molar-refractivity contribution in [2.75, 3.05) is 38.1 Å². The molecular formula is C28H36N4O3S. The molecule has 2 aliphatic carbocycles. The second kappa shape index (κ2) is 9.63. The molecule has 0 spiro atoms. The van der Waals surface area contributed by atoms with Gasteiger partial charge in [-0.3, -0.25) is 19.3 Å². The summed E-state index contributed by atoms with van der Waals surface area (Å²) in [7, 11) is 3.97. The molecule has 0 bridgehead atoms. The number of likely N-dealkylation sites (N-methyl/N-ethyl adjacent to an activating group) is 1. The molecule has 192 valence electrons. The predicted molar refractivity (Wildman–Crippen MR) is 146 cm³/mol. The second-order valence-electron chi connectivity index (χ2n) is 10.9. The third-order valence-electron chi connectivity index (χ3n) is 7.59. The number of hydrogen-bond donors (Lipinski definition) is 1. The SMILES string of the molecule is CC1C=CC2=C(CSC3=C(CC(C)C=C3)C2N2CN(C(C)CN(C)C)C(=O)c3c(O)c(=O)ccn32)C1. The lowest BCUT2D eigenvalue weighted by molar-refractivity contribution is 0.0581. The number of fused-ring (bicyclic) bond motifs is 1. The lowest BCUT2D eigenvalue weighted by Crippen LogP contribution is -2.61. The molecule has 0 saturated heterocycles. The van der Waals surface area contributed by atoms with Gasteiger partial charge >= 0.3 is 0 Å². The van der Waals surface area contributed by atoms with Crippen LogP contribution in [-0.4, -0.2) is 70.6 Å². The highest BCUT2D eigenvalue weighted by molar-refractivity contribution is 8.03.